The number of hydrogen-bond acceptors (Lipinski definition) is 6. The molecule has 0 bridgehead atoms. The van der Waals surface area contributed by atoms with Gasteiger partial charge in [0.25, 0.3) is 5.91 Å². The van der Waals surface area contributed by atoms with Crippen molar-refractivity contribution in [2.75, 3.05) is 5.32 Å². The van der Waals surface area contributed by atoms with Crippen molar-refractivity contribution < 1.29 is 28.5 Å². The normalized spacial score (nSPS) is 34.6. The van der Waals surface area contributed by atoms with Crippen molar-refractivity contribution in [3.8, 4) is 0 Å². The average Bonchev–Trinajstić information content (AvgIpc) is 3.15. The maximum atomic E-state index is 13.2. The van der Waals surface area contributed by atoms with Crippen LogP contribution in [0.5, 0.6) is 0 Å². The summed E-state index contributed by atoms with van der Waals surface area (Å²) in [6.45, 7) is 7.27. The van der Waals surface area contributed by atoms with Crippen LogP contribution in [0.2, 0.25) is 0 Å². The highest BCUT2D eigenvalue weighted by molar-refractivity contribution is 6.03. The van der Waals surface area contributed by atoms with Gasteiger partial charge in [-0.15, -0.1) is 0 Å². The molecule has 3 aliphatic rings. The molecule has 1 amide bonds. The van der Waals surface area contributed by atoms with Gasteiger partial charge in [0.2, 0.25) is 0 Å². The van der Waals surface area contributed by atoms with Gasteiger partial charge in [-0.3, -0.25) is 4.79 Å². The molecule has 5 rings (SSSR count). The minimum Gasteiger partial charge on any atom is -0.342 e. The fraction of sp³-hybridized carbons (Fsp3) is 0.500. The Balaban J connectivity index is 1.44. The zero-order valence-electron chi connectivity index (χ0n) is 16.9. The van der Waals surface area contributed by atoms with Crippen LogP contribution in [0.3, 0.4) is 0 Å². The van der Waals surface area contributed by atoms with Gasteiger partial charge >= 0.3 is 0 Å². The highest BCUT2D eigenvalue weighted by atomic mass is 16.9. The summed E-state index contributed by atoms with van der Waals surface area (Å²) in [5.41, 5.74) is 0.720. The summed E-state index contributed by atoms with van der Waals surface area (Å²) in [5.74, 6) is -1.97. The predicted octanol–water partition coefficient (Wildman–Crippen LogP) is 3.17. The molecule has 0 radical (unpaired) electrons. The van der Waals surface area contributed by atoms with Crippen LogP contribution in [0.1, 0.15) is 27.7 Å². The van der Waals surface area contributed by atoms with E-state index in [-0.39, 0.29) is 5.91 Å². The largest absolute Gasteiger partial charge is 0.342 e. The van der Waals surface area contributed by atoms with Crippen LogP contribution in [-0.4, -0.2) is 48.2 Å². The number of hydrogen-bond donors (Lipinski definition) is 1. The third-order valence-corrected chi connectivity index (χ3v) is 5.46. The lowest BCUT2D eigenvalue weighted by Gasteiger charge is -2.36. The lowest BCUT2D eigenvalue weighted by Crippen LogP contribution is -2.58. The summed E-state index contributed by atoms with van der Waals surface area (Å²) in [6.07, 6.45) is -3.11. The van der Waals surface area contributed by atoms with Gasteiger partial charge in [0.05, 0.1) is 0 Å². The van der Waals surface area contributed by atoms with E-state index in [1.165, 1.54) is 0 Å². The van der Waals surface area contributed by atoms with Gasteiger partial charge in [-0.25, -0.2) is 0 Å². The molecule has 0 unspecified atom stereocenters. The van der Waals surface area contributed by atoms with E-state index in [2.05, 4.69) is 5.32 Å². The molecule has 2 aromatic carbocycles. The van der Waals surface area contributed by atoms with E-state index in [0.717, 1.165) is 16.5 Å². The molecule has 0 aliphatic carbocycles. The molecule has 154 valence electrons. The van der Waals surface area contributed by atoms with Crippen LogP contribution in [-0.2, 0) is 28.5 Å². The van der Waals surface area contributed by atoms with Gasteiger partial charge in [-0.2, -0.15) is 0 Å². The Bertz CT molecular complexity index is 952. The van der Waals surface area contributed by atoms with Crippen molar-refractivity contribution in [3.63, 3.8) is 0 Å². The summed E-state index contributed by atoms with van der Waals surface area (Å²) in [4.78, 5) is 13.2. The van der Waals surface area contributed by atoms with Crippen LogP contribution in [0.25, 0.3) is 10.8 Å². The topological polar surface area (TPSA) is 75.3 Å². The first kappa shape index (κ1) is 19.0. The first-order chi connectivity index (χ1) is 13.7. The molecule has 7 nitrogen and oxygen atoms in total. The zero-order chi connectivity index (χ0) is 20.4. The van der Waals surface area contributed by atoms with E-state index in [1.54, 1.807) is 0 Å². The fourth-order valence-corrected chi connectivity index (χ4v) is 4.36. The molecule has 3 heterocycles. The summed E-state index contributed by atoms with van der Waals surface area (Å²) < 4.78 is 30.0. The minimum atomic E-state index is -0.889. The van der Waals surface area contributed by atoms with Gasteiger partial charge in [0.15, 0.2) is 24.0 Å². The number of ether oxygens (including phenoxy) is 5. The lowest BCUT2D eigenvalue weighted by molar-refractivity contribution is -0.229. The molecular weight excluding hydrogens is 374 g/mol. The second-order valence-corrected chi connectivity index (χ2v) is 8.61. The maximum absolute atomic E-state index is 13.2. The summed E-state index contributed by atoms with van der Waals surface area (Å²) in [6, 6.07) is 13.7. The van der Waals surface area contributed by atoms with Crippen molar-refractivity contribution in [3.05, 3.63) is 42.5 Å². The molecule has 7 heteroatoms. The molecule has 29 heavy (non-hydrogen) atoms. The average molecular weight is 399 g/mol. The monoisotopic (exact) mass is 399 g/mol. The Morgan fingerprint density at radius 1 is 0.828 bits per heavy atom. The second-order valence-electron chi connectivity index (χ2n) is 8.61. The second kappa shape index (κ2) is 6.48. The number of amides is 1. The summed E-state index contributed by atoms with van der Waals surface area (Å²) in [5, 5.41) is 5.00. The highest BCUT2D eigenvalue weighted by Crippen LogP contribution is 2.44. The first-order valence-electron chi connectivity index (χ1n) is 9.88. The Morgan fingerprint density at radius 3 is 2.31 bits per heavy atom. The standard InChI is InChI=1S/C22H25NO6/c1-21(2)26-15-16(27-21)18-20(29-22(3,4)28-18)25-17(15)19(24)23-14-11-7-9-12-8-5-6-10-13(12)14/h5-11,15-18,20H,1-4H3,(H,23,24)/t15-,16+,17-,18-,20+/m1/s1. The van der Waals surface area contributed by atoms with E-state index in [4.69, 9.17) is 23.7 Å². The molecule has 3 aliphatic heterocycles. The van der Waals surface area contributed by atoms with Gasteiger partial charge in [0, 0.05) is 11.1 Å². The van der Waals surface area contributed by atoms with E-state index in [0.29, 0.717) is 0 Å². The number of nitrogens with one attached hydrogen (secondary N) is 1. The minimum absolute atomic E-state index is 0.301. The maximum Gasteiger partial charge on any atom is 0.256 e. The predicted molar refractivity (Wildman–Crippen MR) is 105 cm³/mol. The third-order valence-electron chi connectivity index (χ3n) is 5.46. The SMILES string of the molecule is CC1(C)O[C@H]2[C@@H](O1)[C@H](C(=O)Nc1cccc3ccccc13)O[C@H]1OC(C)(C)O[C@@H]12. The van der Waals surface area contributed by atoms with E-state index in [9.17, 15) is 4.79 Å². The van der Waals surface area contributed by atoms with Crippen LogP contribution in [0.15, 0.2) is 42.5 Å². The lowest BCUT2D eigenvalue weighted by atomic mass is 9.98. The quantitative estimate of drug-likeness (QED) is 0.836. The Kier molecular flexibility index (Phi) is 4.24. The van der Waals surface area contributed by atoms with Crippen LogP contribution >= 0.6 is 0 Å². The molecule has 0 saturated carbocycles. The Morgan fingerprint density at radius 2 is 1.48 bits per heavy atom. The summed E-state index contributed by atoms with van der Waals surface area (Å²) >= 11 is 0. The fourth-order valence-electron chi connectivity index (χ4n) is 4.36. The van der Waals surface area contributed by atoms with Crippen LogP contribution in [0.4, 0.5) is 5.69 Å². The number of rotatable bonds is 2. The molecule has 0 aromatic heterocycles. The van der Waals surface area contributed by atoms with Crippen molar-refractivity contribution in [2.24, 2.45) is 0 Å². The van der Waals surface area contributed by atoms with Crippen molar-refractivity contribution in [2.45, 2.75) is 70.0 Å². The molecule has 2 aromatic rings. The molecule has 3 saturated heterocycles. The van der Waals surface area contributed by atoms with E-state index in [1.807, 2.05) is 70.2 Å². The smallest absolute Gasteiger partial charge is 0.256 e. The van der Waals surface area contributed by atoms with Crippen LogP contribution in [0, 0.1) is 0 Å². The van der Waals surface area contributed by atoms with Crippen LogP contribution < -0.4 is 5.32 Å². The molecule has 1 N–H and O–H groups in total. The van der Waals surface area contributed by atoms with Gasteiger partial charge in [-0.1, -0.05) is 36.4 Å². The zero-order valence-corrected chi connectivity index (χ0v) is 16.9. The van der Waals surface area contributed by atoms with Crippen molar-refractivity contribution in [1.82, 2.24) is 0 Å². The third kappa shape index (κ3) is 3.33. The number of anilines is 1. The molecule has 0 spiro atoms. The van der Waals surface area contributed by atoms with E-state index < -0.39 is 42.3 Å². The number of benzene rings is 2. The van der Waals surface area contributed by atoms with Gasteiger partial charge in [-0.05, 0) is 39.1 Å². The molecular formula is C22H25NO6. The number of carbonyl (C=O) groups is 1. The Labute approximate surface area is 169 Å². The highest BCUT2D eigenvalue weighted by Gasteiger charge is 2.62. The van der Waals surface area contributed by atoms with Gasteiger partial charge in [0.1, 0.15) is 18.3 Å². The molecule has 5 atom stereocenters. The van der Waals surface area contributed by atoms with Crippen molar-refractivity contribution >= 4 is 22.4 Å². The van der Waals surface area contributed by atoms with E-state index >= 15 is 0 Å². The van der Waals surface area contributed by atoms with Crippen molar-refractivity contribution in [1.29, 1.82) is 0 Å². The number of fused-ring (bicyclic) bond motifs is 4. The first-order valence-corrected chi connectivity index (χ1v) is 9.88. The molecule has 3 fully saturated rings. The van der Waals surface area contributed by atoms with Gasteiger partial charge < -0.3 is 29.0 Å². The Hall–Kier alpha value is -2.03. The number of carbonyl (C=O) groups excluding carboxylic acids is 1. The summed E-state index contributed by atoms with van der Waals surface area (Å²) in [7, 11) is 0.